The number of piperidine rings is 1. The monoisotopic (exact) mass is 414 g/mol. The van der Waals surface area contributed by atoms with Crippen molar-refractivity contribution in [3.05, 3.63) is 30.1 Å². The number of halogens is 1. The first-order chi connectivity index (χ1) is 12.9. The van der Waals surface area contributed by atoms with Crippen LogP contribution in [-0.2, 0) is 24.3 Å². The second-order valence-electron chi connectivity index (χ2n) is 7.95. The van der Waals surface area contributed by atoms with Gasteiger partial charge in [0.15, 0.2) is 6.10 Å². The van der Waals surface area contributed by atoms with Gasteiger partial charge in [-0.2, -0.15) is 4.31 Å². The lowest BCUT2D eigenvalue weighted by molar-refractivity contribution is -0.160. The second-order valence-corrected chi connectivity index (χ2v) is 9.89. The third-order valence-electron chi connectivity index (χ3n) is 4.40. The molecule has 0 aliphatic carbocycles. The predicted molar refractivity (Wildman–Crippen MR) is 101 cm³/mol. The van der Waals surface area contributed by atoms with E-state index in [1.807, 2.05) is 20.8 Å². The molecule has 0 bridgehead atoms. The molecule has 2 rings (SSSR count). The Labute approximate surface area is 165 Å². The molecule has 1 heterocycles. The second kappa shape index (κ2) is 8.57. The van der Waals surface area contributed by atoms with Crippen LogP contribution in [0.25, 0.3) is 0 Å². The van der Waals surface area contributed by atoms with Crippen molar-refractivity contribution in [3.63, 3.8) is 0 Å². The number of carbonyl (C=O) groups excluding carboxylic acids is 2. The van der Waals surface area contributed by atoms with Gasteiger partial charge in [-0.25, -0.2) is 12.8 Å². The Bertz CT molecular complexity index is 810. The van der Waals surface area contributed by atoms with E-state index in [0.29, 0.717) is 12.8 Å². The predicted octanol–water partition coefficient (Wildman–Crippen LogP) is 2.07. The largest absolute Gasteiger partial charge is 0.452 e. The van der Waals surface area contributed by atoms with Crippen LogP contribution in [0.5, 0.6) is 0 Å². The third kappa shape index (κ3) is 5.75. The molecule has 0 saturated carbocycles. The smallest absolute Gasteiger partial charge is 0.309 e. The summed E-state index contributed by atoms with van der Waals surface area (Å²) in [5.74, 6) is -1.86. The van der Waals surface area contributed by atoms with E-state index in [2.05, 4.69) is 5.32 Å². The molecule has 1 unspecified atom stereocenters. The first kappa shape index (κ1) is 22.3. The zero-order valence-corrected chi connectivity index (χ0v) is 17.4. The Morgan fingerprint density at radius 1 is 1.18 bits per heavy atom. The summed E-state index contributed by atoms with van der Waals surface area (Å²) in [5, 5.41) is 2.75. The van der Waals surface area contributed by atoms with E-state index in [9.17, 15) is 22.4 Å². The lowest BCUT2D eigenvalue weighted by atomic mass is 9.98. The Hall–Kier alpha value is -2.00. The SMILES string of the molecule is CC(OC(=O)C1CCN(S(=O)(=O)c2ccc(F)cc2)CC1)C(=O)NC(C)(C)C. The molecule has 0 radical (unpaired) electrons. The maximum Gasteiger partial charge on any atom is 0.309 e. The van der Waals surface area contributed by atoms with Gasteiger partial charge in [0, 0.05) is 18.6 Å². The van der Waals surface area contributed by atoms with Crippen LogP contribution < -0.4 is 5.32 Å². The summed E-state index contributed by atoms with van der Waals surface area (Å²) in [5.41, 5.74) is -0.433. The Balaban J connectivity index is 1.91. The van der Waals surface area contributed by atoms with Crippen LogP contribution in [-0.4, -0.2) is 49.3 Å². The van der Waals surface area contributed by atoms with Crippen LogP contribution >= 0.6 is 0 Å². The highest BCUT2D eigenvalue weighted by Gasteiger charge is 2.34. The Morgan fingerprint density at radius 3 is 2.21 bits per heavy atom. The molecule has 1 N–H and O–H groups in total. The minimum atomic E-state index is -3.73. The van der Waals surface area contributed by atoms with Gasteiger partial charge >= 0.3 is 5.97 Å². The summed E-state index contributed by atoms with van der Waals surface area (Å²) < 4.78 is 44.8. The molecule has 9 heteroatoms. The van der Waals surface area contributed by atoms with Gasteiger partial charge in [-0.1, -0.05) is 0 Å². The van der Waals surface area contributed by atoms with Crippen LogP contribution in [0, 0.1) is 11.7 Å². The molecule has 0 spiro atoms. The molecular weight excluding hydrogens is 387 g/mol. The molecule has 1 aromatic carbocycles. The fourth-order valence-electron chi connectivity index (χ4n) is 2.88. The van der Waals surface area contributed by atoms with E-state index < -0.39 is 39.4 Å². The maximum atomic E-state index is 13.0. The molecule has 1 aliphatic heterocycles. The average Bonchev–Trinajstić information content (AvgIpc) is 2.60. The van der Waals surface area contributed by atoms with E-state index >= 15 is 0 Å². The lowest BCUT2D eigenvalue weighted by Gasteiger charge is -2.31. The number of carbonyl (C=O) groups is 2. The van der Waals surface area contributed by atoms with E-state index in [-0.39, 0.29) is 23.9 Å². The fourth-order valence-corrected chi connectivity index (χ4v) is 4.35. The summed E-state index contributed by atoms with van der Waals surface area (Å²) in [6.07, 6.45) is -0.326. The summed E-state index contributed by atoms with van der Waals surface area (Å²) in [7, 11) is -3.73. The highest BCUT2D eigenvalue weighted by molar-refractivity contribution is 7.89. The Kier molecular flexibility index (Phi) is 6.82. The molecule has 156 valence electrons. The van der Waals surface area contributed by atoms with E-state index in [1.54, 1.807) is 0 Å². The van der Waals surface area contributed by atoms with Gasteiger partial charge in [0.25, 0.3) is 5.91 Å². The van der Waals surface area contributed by atoms with Gasteiger partial charge in [-0.15, -0.1) is 0 Å². The molecule has 1 aliphatic rings. The molecule has 1 aromatic rings. The summed E-state index contributed by atoms with van der Waals surface area (Å²) in [6.45, 7) is 7.31. The zero-order chi connectivity index (χ0) is 21.1. The Morgan fingerprint density at radius 2 is 1.71 bits per heavy atom. The van der Waals surface area contributed by atoms with Crippen molar-refractivity contribution in [1.82, 2.24) is 9.62 Å². The van der Waals surface area contributed by atoms with E-state index in [1.165, 1.54) is 23.4 Å². The standard InChI is InChI=1S/C19H27FN2O5S/c1-13(17(23)21-19(2,3)4)27-18(24)14-9-11-22(12-10-14)28(25,26)16-7-5-15(20)6-8-16/h5-8,13-14H,9-12H2,1-4H3,(H,21,23). The lowest BCUT2D eigenvalue weighted by Crippen LogP contribution is -2.47. The molecule has 1 fully saturated rings. The summed E-state index contributed by atoms with van der Waals surface area (Å²) in [4.78, 5) is 24.4. The minimum Gasteiger partial charge on any atom is -0.452 e. The topological polar surface area (TPSA) is 92.8 Å². The molecular formula is C19H27FN2O5S. The minimum absolute atomic E-state index is 0.0161. The first-order valence-electron chi connectivity index (χ1n) is 9.18. The normalized spacial score (nSPS) is 17.8. The van der Waals surface area contributed by atoms with E-state index in [0.717, 1.165) is 12.1 Å². The maximum absolute atomic E-state index is 13.0. The number of nitrogens with one attached hydrogen (secondary N) is 1. The van der Waals surface area contributed by atoms with Crippen molar-refractivity contribution in [2.75, 3.05) is 13.1 Å². The number of benzene rings is 1. The quantitative estimate of drug-likeness (QED) is 0.745. The number of rotatable bonds is 5. The molecule has 1 saturated heterocycles. The van der Waals surface area contributed by atoms with Crippen LogP contribution in [0.4, 0.5) is 4.39 Å². The third-order valence-corrected chi connectivity index (χ3v) is 6.31. The summed E-state index contributed by atoms with van der Waals surface area (Å²) >= 11 is 0. The number of hydrogen-bond acceptors (Lipinski definition) is 5. The van der Waals surface area contributed by atoms with Crippen molar-refractivity contribution in [3.8, 4) is 0 Å². The number of sulfonamides is 1. The fraction of sp³-hybridized carbons (Fsp3) is 0.579. The van der Waals surface area contributed by atoms with Crippen LogP contribution in [0.3, 0.4) is 0 Å². The molecule has 0 aromatic heterocycles. The van der Waals surface area contributed by atoms with Gasteiger partial charge in [0.2, 0.25) is 10.0 Å². The highest BCUT2D eigenvalue weighted by atomic mass is 32.2. The molecule has 7 nitrogen and oxygen atoms in total. The van der Waals surface area contributed by atoms with Crippen molar-refractivity contribution >= 4 is 21.9 Å². The van der Waals surface area contributed by atoms with Gasteiger partial charge in [0.05, 0.1) is 10.8 Å². The zero-order valence-electron chi connectivity index (χ0n) is 16.6. The van der Waals surface area contributed by atoms with Crippen LogP contribution in [0.15, 0.2) is 29.2 Å². The van der Waals surface area contributed by atoms with E-state index in [4.69, 9.17) is 4.74 Å². The van der Waals surface area contributed by atoms with Crippen LogP contribution in [0.1, 0.15) is 40.5 Å². The van der Waals surface area contributed by atoms with Gasteiger partial charge in [-0.05, 0) is 64.8 Å². The number of esters is 1. The van der Waals surface area contributed by atoms with Crippen molar-refractivity contribution in [2.24, 2.45) is 5.92 Å². The average molecular weight is 414 g/mol. The highest BCUT2D eigenvalue weighted by Crippen LogP contribution is 2.25. The first-order valence-corrected chi connectivity index (χ1v) is 10.6. The molecule has 28 heavy (non-hydrogen) atoms. The molecule has 1 amide bonds. The summed E-state index contributed by atoms with van der Waals surface area (Å²) in [6, 6.07) is 4.64. The number of nitrogens with zero attached hydrogens (tertiary/aromatic N) is 1. The van der Waals surface area contributed by atoms with Gasteiger partial charge in [0.1, 0.15) is 5.82 Å². The molecule has 1 atom stereocenters. The van der Waals surface area contributed by atoms with Crippen LogP contribution in [0.2, 0.25) is 0 Å². The van der Waals surface area contributed by atoms with Crippen molar-refractivity contribution in [1.29, 1.82) is 0 Å². The van der Waals surface area contributed by atoms with Gasteiger partial charge < -0.3 is 10.1 Å². The number of hydrogen-bond donors (Lipinski definition) is 1. The van der Waals surface area contributed by atoms with Crippen molar-refractivity contribution in [2.45, 2.75) is 57.1 Å². The van der Waals surface area contributed by atoms with Crippen molar-refractivity contribution < 1.29 is 27.1 Å². The van der Waals surface area contributed by atoms with Gasteiger partial charge in [-0.3, -0.25) is 9.59 Å². The number of ether oxygens (including phenoxy) is 1. The number of amides is 1.